The molecule has 0 heterocycles. The lowest BCUT2D eigenvalue weighted by atomic mass is 10.0. The van der Waals surface area contributed by atoms with E-state index in [1.54, 1.807) is 12.1 Å². The third-order valence-corrected chi connectivity index (χ3v) is 4.27. The van der Waals surface area contributed by atoms with E-state index in [9.17, 15) is 4.39 Å². The maximum Gasteiger partial charge on any atom is 0.131 e. The first kappa shape index (κ1) is 16.0. The Morgan fingerprint density at radius 1 is 1.05 bits per heavy atom. The molecule has 0 aliphatic rings. The standard InChI is InChI=1S/C17H19BrFNO/c1-11(14-6-4-5-7-16(14)18)20-12(2)15-9-8-13(21-3)10-17(15)19/h4-12,20H,1-3H3/t11-,12?/m1/s1. The van der Waals surface area contributed by atoms with Crippen molar-refractivity contribution in [1.29, 1.82) is 0 Å². The number of ether oxygens (including phenoxy) is 1. The maximum atomic E-state index is 14.1. The topological polar surface area (TPSA) is 21.3 Å². The number of nitrogens with one attached hydrogen (secondary N) is 1. The molecule has 2 rings (SSSR count). The van der Waals surface area contributed by atoms with E-state index in [0.717, 1.165) is 10.0 Å². The summed E-state index contributed by atoms with van der Waals surface area (Å²) in [4.78, 5) is 0. The lowest BCUT2D eigenvalue weighted by molar-refractivity contribution is 0.408. The van der Waals surface area contributed by atoms with Gasteiger partial charge in [0.2, 0.25) is 0 Å². The van der Waals surface area contributed by atoms with Crippen molar-refractivity contribution in [3.63, 3.8) is 0 Å². The first-order valence-electron chi connectivity index (χ1n) is 6.87. The maximum absolute atomic E-state index is 14.1. The van der Waals surface area contributed by atoms with Gasteiger partial charge >= 0.3 is 0 Å². The van der Waals surface area contributed by atoms with Crippen LogP contribution in [0.1, 0.15) is 37.1 Å². The summed E-state index contributed by atoms with van der Waals surface area (Å²) in [5.41, 5.74) is 1.79. The Labute approximate surface area is 133 Å². The van der Waals surface area contributed by atoms with Gasteiger partial charge in [0, 0.05) is 28.2 Å². The fourth-order valence-corrected chi connectivity index (χ4v) is 2.99. The zero-order valence-corrected chi connectivity index (χ0v) is 13.9. The highest BCUT2D eigenvalue weighted by atomic mass is 79.9. The number of benzene rings is 2. The van der Waals surface area contributed by atoms with Gasteiger partial charge in [0.25, 0.3) is 0 Å². The summed E-state index contributed by atoms with van der Waals surface area (Å²) in [5.74, 6) is 0.274. The van der Waals surface area contributed by atoms with E-state index in [4.69, 9.17) is 4.74 Å². The minimum absolute atomic E-state index is 0.0991. The van der Waals surface area contributed by atoms with Crippen molar-refractivity contribution in [2.24, 2.45) is 0 Å². The lowest BCUT2D eigenvalue weighted by Crippen LogP contribution is -2.23. The van der Waals surface area contributed by atoms with Crippen LogP contribution in [0.3, 0.4) is 0 Å². The lowest BCUT2D eigenvalue weighted by Gasteiger charge is -2.22. The molecule has 2 aromatic rings. The van der Waals surface area contributed by atoms with Crippen LogP contribution in [0, 0.1) is 5.82 Å². The predicted octanol–water partition coefficient (Wildman–Crippen LogP) is 5.01. The van der Waals surface area contributed by atoms with E-state index in [1.165, 1.54) is 13.2 Å². The van der Waals surface area contributed by atoms with Crippen LogP contribution in [0.4, 0.5) is 4.39 Å². The molecule has 2 aromatic carbocycles. The number of halogens is 2. The van der Waals surface area contributed by atoms with Gasteiger partial charge in [0.15, 0.2) is 0 Å². The van der Waals surface area contributed by atoms with E-state index >= 15 is 0 Å². The summed E-state index contributed by atoms with van der Waals surface area (Å²) in [6.07, 6.45) is 0. The third-order valence-electron chi connectivity index (χ3n) is 3.55. The molecule has 21 heavy (non-hydrogen) atoms. The highest BCUT2D eigenvalue weighted by Gasteiger charge is 2.16. The monoisotopic (exact) mass is 351 g/mol. The summed E-state index contributed by atoms with van der Waals surface area (Å²) in [6, 6.07) is 13.0. The zero-order chi connectivity index (χ0) is 15.4. The summed E-state index contributed by atoms with van der Waals surface area (Å²) < 4.78 is 20.2. The minimum atomic E-state index is -0.256. The van der Waals surface area contributed by atoms with Crippen molar-refractivity contribution in [3.8, 4) is 5.75 Å². The quantitative estimate of drug-likeness (QED) is 0.817. The molecule has 2 atom stereocenters. The van der Waals surface area contributed by atoms with Crippen molar-refractivity contribution in [1.82, 2.24) is 5.32 Å². The van der Waals surface area contributed by atoms with E-state index in [1.807, 2.05) is 25.1 Å². The van der Waals surface area contributed by atoms with Crippen LogP contribution in [0.5, 0.6) is 5.75 Å². The Morgan fingerprint density at radius 3 is 2.33 bits per heavy atom. The molecule has 1 N–H and O–H groups in total. The second-order valence-corrected chi connectivity index (χ2v) is 5.87. The molecule has 0 aromatic heterocycles. The van der Waals surface area contributed by atoms with Crippen LogP contribution >= 0.6 is 15.9 Å². The predicted molar refractivity (Wildman–Crippen MR) is 87.1 cm³/mol. The van der Waals surface area contributed by atoms with Crippen molar-refractivity contribution in [3.05, 3.63) is 63.9 Å². The van der Waals surface area contributed by atoms with Crippen LogP contribution in [-0.2, 0) is 0 Å². The second kappa shape index (κ2) is 7.05. The van der Waals surface area contributed by atoms with Gasteiger partial charge in [-0.05, 0) is 31.5 Å². The summed E-state index contributed by atoms with van der Waals surface area (Å²) in [5, 5.41) is 3.42. The van der Waals surface area contributed by atoms with Crippen molar-refractivity contribution in [2.45, 2.75) is 25.9 Å². The van der Waals surface area contributed by atoms with Gasteiger partial charge in [-0.3, -0.25) is 0 Å². The number of hydrogen-bond donors (Lipinski definition) is 1. The van der Waals surface area contributed by atoms with Gasteiger partial charge in [-0.25, -0.2) is 4.39 Å². The molecule has 0 aliphatic carbocycles. The van der Waals surface area contributed by atoms with Crippen molar-refractivity contribution >= 4 is 15.9 Å². The minimum Gasteiger partial charge on any atom is -0.497 e. The average molecular weight is 352 g/mol. The molecular formula is C17H19BrFNO. The fourth-order valence-electron chi connectivity index (χ4n) is 2.37. The van der Waals surface area contributed by atoms with Crippen LogP contribution in [-0.4, -0.2) is 7.11 Å². The van der Waals surface area contributed by atoms with Gasteiger partial charge in [0.1, 0.15) is 11.6 Å². The first-order chi connectivity index (χ1) is 10.0. The van der Waals surface area contributed by atoms with Gasteiger partial charge in [0.05, 0.1) is 7.11 Å². The smallest absolute Gasteiger partial charge is 0.131 e. The second-order valence-electron chi connectivity index (χ2n) is 5.02. The summed E-state index contributed by atoms with van der Waals surface area (Å²) in [6.45, 7) is 4.02. The van der Waals surface area contributed by atoms with Crippen molar-refractivity contribution < 1.29 is 9.13 Å². The Morgan fingerprint density at radius 2 is 1.71 bits per heavy atom. The number of rotatable bonds is 5. The zero-order valence-electron chi connectivity index (χ0n) is 12.4. The summed E-state index contributed by atoms with van der Waals surface area (Å²) >= 11 is 3.55. The van der Waals surface area contributed by atoms with E-state index < -0.39 is 0 Å². The molecule has 112 valence electrons. The average Bonchev–Trinajstić information content (AvgIpc) is 2.47. The molecule has 0 aliphatic heterocycles. The number of hydrogen-bond acceptors (Lipinski definition) is 2. The van der Waals surface area contributed by atoms with E-state index in [2.05, 4.69) is 34.2 Å². The Balaban J connectivity index is 2.14. The molecule has 1 unspecified atom stereocenters. The van der Waals surface area contributed by atoms with Crippen LogP contribution < -0.4 is 10.1 Å². The number of methoxy groups -OCH3 is 1. The van der Waals surface area contributed by atoms with Gasteiger partial charge < -0.3 is 10.1 Å². The van der Waals surface area contributed by atoms with Gasteiger partial charge in [-0.2, -0.15) is 0 Å². The van der Waals surface area contributed by atoms with Gasteiger partial charge in [-0.15, -0.1) is 0 Å². The largest absolute Gasteiger partial charge is 0.497 e. The first-order valence-corrected chi connectivity index (χ1v) is 7.66. The molecule has 0 spiro atoms. The van der Waals surface area contributed by atoms with Crippen LogP contribution in [0.25, 0.3) is 0 Å². The molecular weight excluding hydrogens is 333 g/mol. The normalized spacial score (nSPS) is 13.8. The molecule has 0 saturated carbocycles. The Hall–Kier alpha value is -1.39. The molecule has 0 saturated heterocycles. The molecule has 0 fully saturated rings. The Bertz CT molecular complexity index is 617. The molecule has 0 radical (unpaired) electrons. The Kier molecular flexibility index (Phi) is 5.37. The van der Waals surface area contributed by atoms with E-state index in [-0.39, 0.29) is 17.9 Å². The fraction of sp³-hybridized carbons (Fsp3) is 0.294. The molecule has 0 amide bonds. The SMILES string of the molecule is COc1ccc(C(C)N[C@H](C)c2ccccc2Br)c(F)c1. The molecule has 4 heteroatoms. The highest BCUT2D eigenvalue weighted by molar-refractivity contribution is 9.10. The van der Waals surface area contributed by atoms with Crippen molar-refractivity contribution in [2.75, 3.05) is 7.11 Å². The van der Waals surface area contributed by atoms with Crippen LogP contribution in [0.2, 0.25) is 0 Å². The van der Waals surface area contributed by atoms with Gasteiger partial charge in [-0.1, -0.05) is 40.2 Å². The van der Waals surface area contributed by atoms with E-state index in [0.29, 0.717) is 11.3 Å². The molecule has 2 nitrogen and oxygen atoms in total. The van der Waals surface area contributed by atoms with Crippen LogP contribution in [0.15, 0.2) is 46.9 Å². The highest BCUT2D eigenvalue weighted by Crippen LogP contribution is 2.27. The summed E-state index contributed by atoms with van der Waals surface area (Å²) in [7, 11) is 1.53. The third kappa shape index (κ3) is 3.83. The molecule has 0 bridgehead atoms.